The third-order valence-electron chi connectivity index (χ3n) is 2.89. The van der Waals surface area contributed by atoms with Gasteiger partial charge in [-0.2, -0.15) is 13.2 Å². The first kappa shape index (κ1) is 18.8. The summed E-state index contributed by atoms with van der Waals surface area (Å²) in [6, 6.07) is 1.04. The highest BCUT2D eigenvalue weighted by Gasteiger charge is 2.32. The van der Waals surface area contributed by atoms with Crippen molar-refractivity contribution in [2.24, 2.45) is 5.73 Å². The molecule has 1 aromatic carbocycles. The summed E-state index contributed by atoms with van der Waals surface area (Å²) in [7, 11) is 1.20. The van der Waals surface area contributed by atoms with Gasteiger partial charge < -0.3 is 16.8 Å². The highest BCUT2D eigenvalue weighted by Crippen LogP contribution is 2.32. The third kappa shape index (κ3) is 4.15. The number of carbonyl (C=O) groups excluding carboxylic acids is 2. The summed E-state index contributed by atoms with van der Waals surface area (Å²) in [5, 5.41) is 0. The van der Waals surface area contributed by atoms with Crippen molar-refractivity contribution in [1.82, 2.24) is 11.1 Å². The predicted molar refractivity (Wildman–Crippen MR) is 66.8 cm³/mol. The number of primary amides is 1. The molecule has 0 aliphatic carbocycles. The van der Waals surface area contributed by atoms with Gasteiger partial charge in [-0.3, -0.25) is 9.59 Å². The quantitative estimate of drug-likeness (QED) is 0.645. The van der Waals surface area contributed by atoms with E-state index in [4.69, 9.17) is 5.73 Å². The number of carbonyl (C=O) groups is 2. The SMILES string of the molecule is CC(c1ccc(C(F)(F)F)cc1F)N(C)C(=O)C(N)=O.N. The maximum Gasteiger partial charge on any atom is 0.416 e. The second kappa shape index (κ2) is 6.53. The molecule has 1 rings (SSSR count). The summed E-state index contributed by atoms with van der Waals surface area (Å²) in [5.74, 6) is -3.40. The van der Waals surface area contributed by atoms with E-state index in [-0.39, 0.29) is 11.7 Å². The van der Waals surface area contributed by atoms with Gasteiger partial charge >= 0.3 is 18.0 Å². The molecule has 0 aliphatic rings. The molecular weight excluding hydrogens is 294 g/mol. The molecule has 2 amide bonds. The molecule has 118 valence electrons. The van der Waals surface area contributed by atoms with Crippen LogP contribution in [0.5, 0.6) is 0 Å². The zero-order chi connectivity index (χ0) is 15.7. The van der Waals surface area contributed by atoms with E-state index in [9.17, 15) is 27.2 Å². The van der Waals surface area contributed by atoms with Gasteiger partial charge in [-0.1, -0.05) is 6.07 Å². The molecular formula is C12H15F4N3O2. The number of hydrogen-bond donors (Lipinski definition) is 2. The van der Waals surface area contributed by atoms with Crippen LogP contribution >= 0.6 is 0 Å². The van der Waals surface area contributed by atoms with Gasteiger partial charge in [0.05, 0.1) is 11.6 Å². The Bertz CT molecular complexity index is 546. The van der Waals surface area contributed by atoms with Crippen molar-refractivity contribution in [3.8, 4) is 0 Å². The highest BCUT2D eigenvalue weighted by atomic mass is 19.4. The van der Waals surface area contributed by atoms with Crippen molar-refractivity contribution in [3.63, 3.8) is 0 Å². The monoisotopic (exact) mass is 309 g/mol. The fourth-order valence-electron chi connectivity index (χ4n) is 1.60. The minimum atomic E-state index is -4.66. The number of nitrogens with zero attached hydrogens (tertiary/aromatic N) is 1. The average molecular weight is 309 g/mol. The Labute approximate surface area is 118 Å². The molecule has 0 heterocycles. The molecule has 9 heteroatoms. The molecule has 1 aromatic rings. The lowest BCUT2D eigenvalue weighted by atomic mass is 10.0. The normalized spacial score (nSPS) is 12.3. The molecule has 0 saturated carbocycles. The lowest BCUT2D eigenvalue weighted by Gasteiger charge is -2.24. The Morgan fingerprint density at radius 2 is 1.81 bits per heavy atom. The standard InChI is InChI=1S/C12H12F4N2O2.H3N/c1-6(18(2)11(20)10(17)19)8-4-3-7(5-9(8)13)12(14,15)16;/h3-6H,1-2H3,(H2,17,19);1H3. The van der Waals surface area contributed by atoms with Crippen LogP contribution in [-0.2, 0) is 15.8 Å². The van der Waals surface area contributed by atoms with Crippen LogP contribution in [0.3, 0.4) is 0 Å². The number of halogens is 4. The number of amides is 2. The molecule has 0 fully saturated rings. The largest absolute Gasteiger partial charge is 0.416 e. The topological polar surface area (TPSA) is 98.4 Å². The number of hydrogen-bond acceptors (Lipinski definition) is 3. The van der Waals surface area contributed by atoms with Crippen LogP contribution < -0.4 is 11.9 Å². The lowest BCUT2D eigenvalue weighted by molar-refractivity contribution is -0.144. The van der Waals surface area contributed by atoms with E-state index in [1.54, 1.807) is 0 Å². The van der Waals surface area contributed by atoms with Crippen molar-refractivity contribution >= 4 is 11.8 Å². The van der Waals surface area contributed by atoms with Gasteiger partial charge in [-0.15, -0.1) is 0 Å². The maximum atomic E-state index is 13.7. The summed E-state index contributed by atoms with van der Waals surface area (Å²) >= 11 is 0. The summed E-state index contributed by atoms with van der Waals surface area (Å²) in [4.78, 5) is 22.9. The van der Waals surface area contributed by atoms with E-state index in [2.05, 4.69) is 0 Å². The van der Waals surface area contributed by atoms with Crippen molar-refractivity contribution in [3.05, 3.63) is 35.1 Å². The molecule has 0 radical (unpaired) electrons. The van der Waals surface area contributed by atoms with Crippen LogP contribution in [0.1, 0.15) is 24.1 Å². The van der Waals surface area contributed by atoms with Gasteiger partial charge in [0.15, 0.2) is 0 Å². The van der Waals surface area contributed by atoms with Crippen molar-refractivity contribution in [2.45, 2.75) is 19.1 Å². The molecule has 0 aliphatic heterocycles. The van der Waals surface area contributed by atoms with Crippen molar-refractivity contribution in [2.75, 3.05) is 7.05 Å². The van der Waals surface area contributed by atoms with Crippen LogP contribution in [0, 0.1) is 5.82 Å². The third-order valence-corrected chi connectivity index (χ3v) is 2.89. The van der Waals surface area contributed by atoms with E-state index >= 15 is 0 Å². The average Bonchev–Trinajstić information content (AvgIpc) is 2.34. The minimum absolute atomic E-state index is 0. The molecule has 0 aromatic heterocycles. The number of rotatable bonds is 2. The molecule has 21 heavy (non-hydrogen) atoms. The lowest BCUT2D eigenvalue weighted by Crippen LogP contribution is -2.39. The zero-order valence-corrected chi connectivity index (χ0v) is 11.4. The van der Waals surface area contributed by atoms with Gasteiger partial charge in [-0.05, 0) is 19.1 Å². The first-order valence-corrected chi connectivity index (χ1v) is 5.49. The van der Waals surface area contributed by atoms with Gasteiger partial charge in [0, 0.05) is 12.6 Å². The van der Waals surface area contributed by atoms with E-state index in [0.717, 1.165) is 11.0 Å². The first-order chi connectivity index (χ1) is 9.05. The Morgan fingerprint density at radius 1 is 1.29 bits per heavy atom. The van der Waals surface area contributed by atoms with Crippen molar-refractivity contribution in [1.29, 1.82) is 0 Å². The molecule has 0 spiro atoms. The highest BCUT2D eigenvalue weighted by molar-refractivity contribution is 6.34. The molecule has 1 atom stereocenters. The van der Waals surface area contributed by atoms with E-state index in [0.29, 0.717) is 12.1 Å². The van der Waals surface area contributed by atoms with Crippen LogP contribution in [0.15, 0.2) is 18.2 Å². The van der Waals surface area contributed by atoms with Crippen LogP contribution in [-0.4, -0.2) is 23.8 Å². The number of nitrogens with two attached hydrogens (primary N) is 1. The predicted octanol–water partition coefficient (Wildman–Crippen LogP) is 2.01. The van der Waals surface area contributed by atoms with Gasteiger partial charge in [0.25, 0.3) is 0 Å². The fraction of sp³-hybridized carbons (Fsp3) is 0.333. The van der Waals surface area contributed by atoms with Gasteiger partial charge in [-0.25, -0.2) is 4.39 Å². The van der Waals surface area contributed by atoms with Crippen LogP contribution in [0.4, 0.5) is 17.6 Å². The number of likely N-dealkylation sites (N-methyl/N-ethyl adjacent to an activating group) is 1. The Balaban J connectivity index is 0.00000400. The molecule has 0 bridgehead atoms. The second-order valence-electron chi connectivity index (χ2n) is 4.19. The molecule has 1 unspecified atom stereocenters. The van der Waals surface area contributed by atoms with E-state index in [1.165, 1.54) is 14.0 Å². The Kier molecular flexibility index (Phi) is 5.86. The van der Waals surface area contributed by atoms with Gasteiger partial charge in [0.2, 0.25) is 0 Å². The van der Waals surface area contributed by atoms with E-state index < -0.39 is 35.4 Å². The second-order valence-corrected chi connectivity index (χ2v) is 4.19. The smallest absolute Gasteiger partial charge is 0.361 e. The molecule has 0 saturated heterocycles. The Hall–Kier alpha value is -2.16. The summed E-state index contributed by atoms with van der Waals surface area (Å²) in [6.45, 7) is 1.37. The molecule has 5 N–H and O–H groups in total. The van der Waals surface area contributed by atoms with Crippen LogP contribution in [0.2, 0.25) is 0 Å². The summed E-state index contributed by atoms with van der Waals surface area (Å²) < 4.78 is 50.9. The Morgan fingerprint density at radius 3 is 2.19 bits per heavy atom. The fourth-order valence-corrected chi connectivity index (χ4v) is 1.60. The first-order valence-electron chi connectivity index (χ1n) is 5.49. The van der Waals surface area contributed by atoms with Crippen LogP contribution in [0.25, 0.3) is 0 Å². The maximum absolute atomic E-state index is 13.7. The molecule has 5 nitrogen and oxygen atoms in total. The van der Waals surface area contributed by atoms with Gasteiger partial charge in [0.1, 0.15) is 5.82 Å². The summed E-state index contributed by atoms with van der Waals surface area (Å²) in [6.07, 6.45) is -4.66. The minimum Gasteiger partial charge on any atom is -0.361 e. The van der Waals surface area contributed by atoms with E-state index in [1.807, 2.05) is 0 Å². The van der Waals surface area contributed by atoms with Crippen molar-refractivity contribution < 1.29 is 27.2 Å². The number of benzene rings is 1. The summed E-state index contributed by atoms with van der Waals surface area (Å²) in [5.41, 5.74) is 3.53. The number of alkyl halides is 3. The zero-order valence-electron chi connectivity index (χ0n) is 11.4.